The standard InChI is InChI=1S/C11H14Br2N2/c12-5-11-2-1-3-15(11)8-9-4-10(13)7-14-6-9/h4,6-7,11H,1-3,5,8H2. The zero-order chi connectivity index (χ0) is 10.7. The molecule has 1 saturated heterocycles. The van der Waals surface area contributed by atoms with Crippen molar-refractivity contribution < 1.29 is 0 Å². The number of nitrogens with zero attached hydrogens (tertiary/aromatic N) is 2. The molecule has 0 spiro atoms. The number of pyridine rings is 1. The molecule has 1 unspecified atom stereocenters. The van der Waals surface area contributed by atoms with E-state index in [0.717, 1.165) is 16.3 Å². The molecule has 0 saturated carbocycles. The quantitative estimate of drug-likeness (QED) is 0.790. The number of likely N-dealkylation sites (tertiary alicyclic amines) is 1. The predicted molar refractivity (Wildman–Crippen MR) is 69.2 cm³/mol. The van der Waals surface area contributed by atoms with Crippen LogP contribution in [0.15, 0.2) is 22.9 Å². The first-order chi connectivity index (χ1) is 7.29. The fourth-order valence-corrected chi connectivity index (χ4v) is 3.20. The topological polar surface area (TPSA) is 16.1 Å². The van der Waals surface area contributed by atoms with Crippen molar-refractivity contribution in [3.63, 3.8) is 0 Å². The van der Waals surface area contributed by atoms with Gasteiger partial charge in [-0.3, -0.25) is 9.88 Å². The summed E-state index contributed by atoms with van der Waals surface area (Å²) in [4.78, 5) is 6.72. The Morgan fingerprint density at radius 2 is 2.33 bits per heavy atom. The minimum atomic E-state index is 0.698. The minimum absolute atomic E-state index is 0.698. The highest BCUT2D eigenvalue weighted by molar-refractivity contribution is 9.10. The van der Waals surface area contributed by atoms with Gasteiger partial charge in [0.2, 0.25) is 0 Å². The van der Waals surface area contributed by atoms with Gasteiger partial charge in [-0.25, -0.2) is 0 Å². The SMILES string of the molecule is BrCC1CCCN1Cc1cncc(Br)c1. The third-order valence-electron chi connectivity index (χ3n) is 2.82. The molecule has 1 atom stereocenters. The van der Waals surface area contributed by atoms with Crippen LogP contribution in [-0.2, 0) is 6.54 Å². The van der Waals surface area contributed by atoms with E-state index in [2.05, 4.69) is 47.8 Å². The van der Waals surface area contributed by atoms with Crippen molar-refractivity contribution in [2.45, 2.75) is 25.4 Å². The molecule has 0 radical (unpaired) electrons. The van der Waals surface area contributed by atoms with Crippen LogP contribution < -0.4 is 0 Å². The van der Waals surface area contributed by atoms with E-state index in [4.69, 9.17) is 0 Å². The predicted octanol–water partition coefficient (Wildman–Crippen LogP) is 3.20. The van der Waals surface area contributed by atoms with Gasteiger partial charge in [-0.05, 0) is 46.9 Å². The summed E-state index contributed by atoms with van der Waals surface area (Å²) in [6, 6.07) is 2.85. The van der Waals surface area contributed by atoms with Crippen LogP contribution >= 0.6 is 31.9 Å². The maximum absolute atomic E-state index is 4.19. The molecule has 82 valence electrons. The van der Waals surface area contributed by atoms with E-state index >= 15 is 0 Å². The van der Waals surface area contributed by atoms with E-state index in [9.17, 15) is 0 Å². The van der Waals surface area contributed by atoms with E-state index in [1.165, 1.54) is 24.9 Å². The average molecular weight is 334 g/mol. The summed E-state index contributed by atoms with van der Waals surface area (Å²) in [6.07, 6.45) is 6.41. The van der Waals surface area contributed by atoms with Gasteiger partial charge in [0, 0.05) is 34.8 Å². The van der Waals surface area contributed by atoms with Gasteiger partial charge in [0.15, 0.2) is 0 Å². The highest BCUT2D eigenvalue weighted by atomic mass is 79.9. The van der Waals surface area contributed by atoms with Crippen LogP contribution in [-0.4, -0.2) is 27.8 Å². The zero-order valence-electron chi connectivity index (χ0n) is 8.50. The summed E-state index contributed by atoms with van der Waals surface area (Å²) >= 11 is 7.03. The van der Waals surface area contributed by atoms with Crippen LogP contribution in [0.25, 0.3) is 0 Å². The molecule has 1 aliphatic rings. The largest absolute Gasteiger partial charge is 0.295 e. The first-order valence-corrected chi connectivity index (χ1v) is 7.10. The van der Waals surface area contributed by atoms with Crippen molar-refractivity contribution >= 4 is 31.9 Å². The Labute approximate surface area is 107 Å². The fraction of sp³-hybridized carbons (Fsp3) is 0.545. The number of hydrogen-bond acceptors (Lipinski definition) is 2. The molecule has 15 heavy (non-hydrogen) atoms. The fourth-order valence-electron chi connectivity index (χ4n) is 2.05. The number of rotatable bonds is 3. The van der Waals surface area contributed by atoms with E-state index in [-0.39, 0.29) is 0 Å². The maximum Gasteiger partial charge on any atom is 0.0410 e. The lowest BCUT2D eigenvalue weighted by molar-refractivity contribution is 0.264. The molecular formula is C11H14Br2N2. The summed E-state index contributed by atoms with van der Waals surface area (Å²) < 4.78 is 1.06. The molecule has 2 nitrogen and oxygen atoms in total. The molecule has 0 bridgehead atoms. The van der Waals surface area contributed by atoms with Gasteiger partial charge in [-0.1, -0.05) is 15.9 Å². The highest BCUT2D eigenvalue weighted by Gasteiger charge is 2.23. The van der Waals surface area contributed by atoms with Crippen molar-refractivity contribution in [2.24, 2.45) is 0 Å². The second kappa shape index (κ2) is 5.41. The van der Waals surface area contributed by atoms with Crippen LogP contribution in [0.1, 0.15) is 18.4 Å². The second-order valence-electron chi connectivity index (χ2n) is 3.93. The first-order valence-electron chi connectivity index (χ1n) is 5.19. The molecule has 1 fully saturated rings. The Balaban J connectivity index is 2.02. The van der Waals surface area contributed by atoms with Crippen molar-refractivity contribution in [3.8, 4) is 0 Å². The number of aromatic nitrogens is 1. The minimum Gasteiger partial charge on any atom is -0.295 e. The lowest BCUT2D eigenvalue weighted by Crippen LogP contribution is -2.29. The van der Waals surface area contributed by atoms with Crippen molar-refractivity contribution in [1.29, 1.82) is 0 Å². The summed E-state index contributed by atoms with van der Waals surface area (Å²) in [5.41, 5.74) is 1.29. The lowest BCUT2D eigenvalue weighted by Gasteiger charge is -2.22. The third kappa shape index (κ3) is 3.02. The van der Waals surface area contributed by atoms with Gasteiger partial charge < -0.3 is 0 Å². The molecule has 2 heterocycles. The Morgan fingerprint density at radius 3 is 3.07 bits per heavy atom. The molecule has 0 aromatic carbocycles. The summed E-state index contributed by atoms with van der Waals surface area (Å²) in [5, 5.41) is 1.08. The summed E-state index contributed by atoms with van der Waals surface area (Å²) in [5.74, 6) is 0. The van der Waals surface area contributed by atoms with Crippen LogP contribution in [0, 0.1) is 0 Å². The average Bonchev–Trinajstić information content (AvgIpc) is 2.65. The normalized spacial score (nSPS) is 22.1. The molecule has 4 heteroatoms. The Hall–Kier alpha value is 0.0700. The van der Waals surface area contributed by atoms with Crippen LogP contribution in [0.5, 0.6) is 0 Å². The maximum atomic E-state index is 4.19. The molecule has 1 aromatic heterocycles. The smallest absolute Gasteiger partial charge is 0.0410 e. The van der Waals surface area contributed by atoms with Gasteiger partial charge in [0.1, 0.15) is 0 Å². The third-order valence-corrected chi connectivity index (χ3v) is 4.01. The Kier molecular flexibility index (Phi) is 4.17. The first kappa shape index (κ1) is 11.6. The van der Waals surface area contributed by atoms with E-state index in [1.807, 2.05) is 12.4 Å². The molecular weight excluding hydrogens is 320 g/mol. The number of hydrogen-bond donors (Lipinski definition) is 0. The molecule has 2 rings (SSSR count). The van der Waals surface area contributed by atoms with E-state index < -0.39 is 0 Å². The van der Waals surface area contributed by atoms with E-state index in [0.29, 0.717) is 6.04 Å². The zero-order valence-corrected chi connectivity index (χ0v) is 11.7. The molecule has 1 aromatic rings. The summed E-state index contributed by atoms with van der Waals surface area (Å²) in [6.45, 7) is 2.23. The Morgan fingerprint density at radius 1 is 1.47 bits per heavy atom. The lowest BCUT2D eigenvalue weighted by atomic mass is 10.2. The van der Waals surface area contributed by atoms with Gasteiger partial charge in [0.05, 0.1) is 0 Å². The number of halogens is 2. The van der Waals surface area contributed by atoms with Crippen LogP contribution in [0.4, 0.5) is 0 Å². The highest BCUT2D eigenvalue weighted by Crippen LogP contribution is 2.22. The van der Waals surface area contributed by atoms with Crippen molar-refractivity contribution in [3.05, 3.63) is 28.5 Å². The molecule has 0 amide bonds. The van der Waals surface area contributed by atoms with Gasteiger partial charge >= 0.3 is 0 Å². The van der Waals surface area contributed by atoms with Crippen LogP contribution in [0.3, 0.4) is 0 Å². The van der Waals surface area contributed by atoms with Crippen molar-refractivity contribution in [1.82, 2.24) is 9.88 Å². The van der Waals surface area contributed by atoms with Gasteiger partial charge in [0.25, 0.3) is 0 Å². The van der Waals surface area contributed by atoms with Crippen LogP contribution in [0.2, 0.25) is 0 Å². The Bertz CT molecular complexity index is 330. The summed E-state index contributed by atoms with van der Waals surface area (Å²) in [7, 11) is 0. The van der Waals surface area contributed by atoms with Crippen molar-refractivity contribution in [2.75, 3.05) is 11.9 Å². The van der Waals surface area contributed by atoms with E-state index in [1.54, 1.807) is 0 Å². The van der Waals surface area contributed by atoms with Gasteiger partial charge in [-0.2, -0.15) is 0 Å². The molecule has 0 N–H and O–H groups in total. The molecule has 1 aliphatic heterocycles. The van der Waals surface area contributed by atoms with Gasteiger partial charge in [-0.15, -0.1) is 0 Å². The second-order valence-corrected chi connectivity index (χ2v) is 5.50. The number of alkyl halides is 1. The monoisotopic (exact) mass is 332 g/mol. The molecule has 0 aliphatic carbocycles.